The number of carboxylic acids is 1. The SMILES string of the molecule is CCCCC/C=C/C[C@H]1[C@H](O)CC(=O)[C@@H]1CCCCC(=O)O. The van der Waals surface area contributed by atoms with E-state index in [1.165, 1.54) is 19.3 Å². The van der Waals surface area contributed by atoms with Gasteiger partial charge in [0.1, 0.15) is 5.78 Å². The van der Waals surface area contributed by atoms with E-state index in [2.05, 4.69) is 19.1 Å². The lowest BCUT2D eigenvalue weighted by Crippen LogP contribution is -2.20. The number of rotatable bonds is 11. The van der Waals surface area contributed by atoms with Crippen LogP contribution in [0.4, 0.5) is 0 Å². The first kappa shape index (κ1) is 18.9. The summed E-state index contributed by atoms with van der Waals surface area (Å²) in [5.41, 5.74) is 0. The maximum Gasteiger partial charge on any atom is 0.303 e. The van der Waals surface area contributed by atoms with Gasteiger partial charge >= 0.3 is 5.97 Å². The molecular formula is C18H30O4. The van der Waals surface area contributed by atoms with Crippen LogP contribution in [0.2, 0.25) is 0 Å². The Kier molecular flexibility index (Phi) is 9.05. The van der Waals surface area contributed by atoms with E-state index in [9.17, 15) is 14.7 Å². The van der Waals surface area contributed by atoms with Gasteiger partial charge in [-0.1, -0.05) is 38.3 Å². The third-order valence-corrected chi connectivity index (χ3v) is 4.54. The third kappa shape index (κ3) is 6.73. The second kappa shape index (κ2) is 10.5. The van der Waals surface area contributed by atoms with E-state index < -0.39 is 12.1 Å². The predicted molar refractivity (Wildman–Crippen MR) is 86.6 cm³/mol. The van der Waals surface area contributed by atoms with Crippen molar-refractivity contribution >= 4 is 11.8 Å². The normalized spacial score (nSPS) is 25.2. The molecule has 2 N–H and O–H groups in total. The summed E-state index contributed by atoms with van der Waals surface area (Å²) in [6.45, 7) is 2.18. The Balaban J connectivity index is 2.36. The van der Waals surface area contributed by atoms with Gasteiger partial charge < -0.3 is 10.2 Å². The quantitative estimate of drug-likeness (QED) is 0.450. The van der Waals surface area contributed by atoms with Crippen LogP contribution in [0.3, 0.4) is 0 Å². The van der Waals surface area contributed by atoms with E-state index in [-0.39, 0.29) is 30.5 Å². The van der Waals surface area contributed by atoms with Gasteiger partial charge in [-0.05, 0) is 38.0 Å². The summed E-state index contributed by atoms with van der Waals surface area (Å²) in [5.74, 6) is -0.722. The monoisotopic (exact) mass is 310 g/mol. The van der Waals surface area contributed by atoms with Gasteiger partial charge in [0.15, 0.2) is 0 Å². The van der Waals surface area contributed by atoms with Crippen LogP contribution in [-0.4, -0.2) is 28.1 Å². The van der Waals surface area contributed by atoms with Crippen molar-refractivity contribution in [3.8, 4) is 0 Å². The summed E-state index contributed by atoms with van der Waals surface area (Å²) in [6, 6.07) is 0. The van der Waals surface area contributed by atoms with E-state index in [1.807, 2.05) is 0 Å². The first-order valence-electron chi connectivity index (χ1n) is 8.63. The number of hydrogen-bond acceptors (Lipinski definition) is 3. The number of allylic oxidation sites excluding steroid dienone is 2. The number of carbonyl (C=O) groups is 2. The Morgan fingerprint density at radius 2 is 2.00 bits per heavy atom. The van der Waals surface area contributed by atoms with Crippen LogP contribution in [0, 0.1) is 11.8 Å². The smallest absolute Gasteiger partial charge is 0.303 e. The lowest BCUT2D eigenvalue weighted by Gasteiger charge is -2.19. The molecule has 3 atom stereocenters. The minimum absolute atomic E-state index is 0.0137. The maximum absolute atomic E-state index is 12.0. The molecule has 1 rings (SSSR count). The number of hydrogen-bond donors (Lipinski definition) is 2. The topological polar surface area (TPSA) is 74.6 Å². The van der Waals surface area contributed by atoms with E-state index in [0.717, 1.165) is 19.3 Å². The molecule has 1 aliphatic rings. The van der Waals surface area contributed by atoms with E-state index in [4.69, 9.17) is 5.11 Å². The summed E-state index contributed by atoms with van der Waals surface area (Å²) in [5, 5.41) is 18.7. The van der Waals surface area contributed by atoms with Crippen LogP contribution in [0.25, 0.3) is 0 Å². The van der Waals surface area contributed by atoms with E-state index in [0.29, 0.717) is 12.8 Å². The van der Waals surface area contributed by atoms with E-state index in [1.54, 1.807) is 0 Å². The number of carboxylic acid groups (broad SMARTS) is 1. The van der Waals surface area contributed by atoms with Crippen LogP contribution in [0.15, 0.2) is 12.2 Å². The molecule has 0 radical (unpaired) electrons. The first-order valence-corrected chi connectivity index (χ1v) is 8.63. The summed E-state index contributed by atoms with van der Waals surface area (Å²) in [7, 11) is 0. The zero-order valence-electron chi connectivity index (χ0n) is 13.7. The van der Waals surface area contributed by atoms with Crippen LogP contribution in [0.5, 0.6) is 0 Å². The zero-order valence-corrected chi connectivity index (χ0v) is 13.7. The fraction of sp³-hybridized carbons (Fsp3) is 0.778. The zero-order chi connectivity index (χ0) is 16.4. The molecule has 0 saturated heterocycles. The van der Waals surface area contributed by atoms with Crippen molar-refractivity contribution in [3.05, 3.63) is 12.2 Å². The van der Waals surface area contributed by atoms with Crippen molar-refractivity contribution in [3.63, 3.8) is 0 Å². The van der Waals surface area contributed by atoms with Crippen LogP contribution in [0.1, 0.15) is 71.1 Å². The molecule has 126 valence electrons. The van der Waals surface area contributed by atoms with Crippen molar-refractivity contribution in [2.24, 2.45) is 11.8 Å². The molecule has 0 aromatic rings. The standard InChI is InChI=1S/C18H30O4/c1-2-3-4-5-6-7-10-14-15(17(20)13-16(14)19)11-8-9-12-18(21)22/h6-7,14-16,19H,2-5,8-13H2,1H3,(H,21,22)/b7-6+/t14-,15-,16-/m1/s1. The Hall–Kier alpha value is -1.16. The maximum atomic E-state index is 12.0. The molecule has 0 spiro atoms. The molecule has 0 heterocycles. The molecule has 0 amide bonds. The van der Waals surface area contributed by atoms with Gasteiger partial charge in [0.05, 0.1) is 6.10 Å². The van der Waals surface area contributed by atoms with Crippen molar-refractivity contribution < 1.29 is 19.8 Å². The summed E-state index contributed by atoms with van der Waals surface area (Å²) in [6.07, 6.45) is 11.7. The van der Waals surface area contributed by atoms with Gasteiger partial charge in [-0.15, -0.1) is 0 Å². The highest BCUT2D eigenvalue weighted by atomic mass is 16.4. The summed E-state index contributed by atoms with van der Waals surface area (Å²) >= 11 is 0. The Labute approximate surface area is 133 Å². The Bertz CT molecular complexity index is 375. The first-order chi connectivity index (χ1) is 10.6. The molecule has 0 bridgehead atoms. The second-order valence-electron chi connectivity index (χ2n) is 6.35. The lowest BCUT2D eigenvalue weighted by atomic mass is 9.87. The highest BCUT2D eigenvalue weighted by Gasteiger charge is 2.39. The molecule has 4 nitrogen and oxygen atoms in total. The highest BCUT2D eigenvalue weighted by molar-refractivity contribution is 5.84. The average Bonchev–Trinajstić information content (AvgIpc) is 2.73. The van der Waals surface area contributed by atoms with Gasteiger partial charge in [-0.3, -0.25) is 9.59 Å². The number of aliphatic carboxylic acids is 1. The van der Waals surface area contributed by atoms with Gasteiger partial charge in [-0.2, -0.15) is 0 Å². The number of aliphatic hydroxyl groups is 1. The minimum Gasteiger partial charge on any atom is -0.481 e. The molecule has 1 saturated carbocycles. The number of carbonyl (C=O) groups excluding carboxylic acids is 1. The predicted octanol–water partition coefficient (Wildman–Crippen LogP) is 3.72. The van der Waals surface area contributed by atoms with Crippen molar-refractivity contribution in [2.45, 2.75) is 77.2 Å². The average molecular weight is 310 g/mol. The van der Waals surface area contributed by atoms with E-state index >= 15 is 0 Å². The number of unbranched alkanes of at least 4 members (excludes halogenated alkanes) is 4. The van der Waals surface area contributed by atoms with Crippen molar-refractivity contribution in [2.75, 3.05) is 0 Å². The lowest BCUT2D eigenvalue weighted by molar-refractivity contribution is -0.137. The molecule has 4 heteroatoms. The van der Waals surface area contributed by atoms with Crippen LogP contribution >= 0.6 is 0 Å². The van der Waals surface area contributed by atoms with Gasteiger partial charge in [-0.25, -0.2) is 0 Å². The molecule has 0 aromatic heterocycles. The highest BCUT2D eigenvalue weighted by Crippen LogP contribution is 2.35. The Morgan fingerprint density at radius 1 is 1.23 bits per heavy atom. The largest absolute Gasteiger partial charge is 0.481 e. The third-order valence-electron chi connectivity index (χ3n) is 4.54. The second-order valence-corrected chi connectivity index (χ2v) is 6.35. The Morgan fingerprint density at radius 3 is 2.68 bits per heavy atom. The van der Waals surface area contributed by atoms with Crippen LogP contribution in [-0.2, 0) is 9.59 Å². The number of Topliss-reactive ketones (excluding diaryl/α,β-unsaturated/α-hetero) is 1. The fourth-order valence-electron chi connectivity index (χ4n) is 3.24. The molecule has 0 unspecified atom stereocenters. The number of ketones is 1. The minimum atomic E-state index is -0.788. The fourth-order valence-corrected chi connectivity index (χ4v) is 3.24. The molecular weight excluding hydrogens is 280 g/mol. The molecule has 1 fully saturated rings. The van der Waals surface area contributed by atoms with Crippen molar-refractivity contribution in [1.29, 1.82) is 0 Å². The van der Waals surface area contributed by atoms with Crippen molar-refractivity contribution in [1.82, 2.24) is 0 Å². The summed E-state index contributed by atoms with van der Waals surface area (Å²) < 4.78 is 0. The molecule has 0 aromatic carbocycles. The van der Waals surface area contributed by atoms with Gasteiger partial charge in [0, 0.05) is 18.8 Å². The van der Waals surface area contributed by atoms with Gasteiger partial charge in [0.25, 0.3) is 0 Å². The molecule has 0 aliphatic heterocycles. The number of aliphatic hydroxyl groups excluding tert-OH is 1. The summed E-state index contributed by atoms with van der Waals surface area (Å²) in [4.78, 5) is 22.5. The van der Waals surface area contributed by atoms with Gasteiger partial charge in [0.2, 0.25) is 0 Å². The van der Waals surface area contributed by atoms with Crippen LogP contribution < -0.4 is 0 Å². The molecule has 22 heavy (non-hydrogen) atoms. The molecule has 1 aliphatic carbocycles.